The molecule has 2 saturated heterocycles. The van der Waals surface area contributed by atoms with Crippen molar-refractivity contribution < 1.29 is 33.6 Å². The van der Waals surface area contributed by atoms with Crippen molar-refractivity contribution in [2.24, 2.45) is 0 Å². The van der Waals surface area contributed by atoms with Crippen molar-refractivity contribution in [2.75, 3.05) is 13.7 Å². The maximum atomic E-state index is 12.4. The van der Waals surface area contributed by atoms with Crippen molar-refractivity contribution in [1.29, 1.82) is 0 Å². The summed E-state index contributed by atoms with van der Waals surface area (Å²) in [6.45, 7) is 3.27. The first-order valence-corrected chi connectivity index (χ1v) is 7.86. The second kappa shape index (κ2) is 6.78. The Morgan fingerprint density at radius 3 is 2.50 bits per heavy atom. The number of ether oxygens (including phenoxy) is 5. The fourth-order valence-electron chi connectivity index (χ4n) is 3.07. The monoisotopic (exact) mass is 338 g/mol. The molecule has 7 heteroatoms. The summed E-state index contributed by atoms with van der Waals surface area (Å²) in [7, 11) is 1.45. The van der Waals surface area contributed by atoms with Gasteiger partial charge in [0.25, 0.3) is 0 Å². The number of aliphatic hydroxyl groups is 1. The lowest BCUT2D eigenvalue weighted by molar-refractivity contribution is -0.273. The molecule has 0 bridgehead atoms. The van der Waals surface area contributed by atoms with E-state index in [0.29, 0.717) is 5.56 Å². The summed E-state index contributed by atoms with van der Waals surface area (Å²) in [6.07, 6.45) is -3.42. The van der Waals surface area contributed by atoms with Crippen LogP contribution in [0.1, 0.15) is 24.2 Å². The van der Waals surface area contributed by atoms with Crippen molar-refractivity contribution in [3.8, 4) is 0 Å². The molecule has 0 amide bonds. The van der Waals surface area contributed by atoms with E-state index < -0.39 is 42.5 Å². The summed E-state index contributed by atoms with van der Waals surface area (Å²) >= 11 is 0. The first-order chi connectivity index (χ1) is 11.4. The van der Waals surface area contributed by atoms with Gasteiger partial charge in [0.1, 0.15) is 18.3 Å². The van der Waals surface area contributed by atoms with Gasteiger partial charge < -0.3 is 28.8 Å². The van der Waals surface area contributed by atoms with Gasteiger partial charge in [-0.2, -0.15) is 0 Å². The minimum atomic E-state index is -0.869. The standard InChI is InChI=1S/C17H22O7/c1-17(2)23-12-11(9-18)21-16(20-3)14(13(12)24-17)22-15(19)10-7-5-4-6-8-10/h4-8,11-14,16,18H,9H2,1-3H3. The van der Waals surface area contributed by atoms with Gasteiger partial charge in [-0.3, -0.25) is 0 Å². The third-order valence-corrected chi connectivity index (χ3v) is 4.10. The lowest BCUT2D eigenvalue weighted by atomic mass is 9.99. The molecule has 2 heterocycles. The molecule has 2 aliphatic rings. The molecule has 3 rings (SSSR count). The van der Waals surface area contributed by atoms with Gasteiger partial charge in [0.2, 0.25) is 0 Å². The maximum Gasteiger partial charge on any atom is 0.338 e. The summed E-state index contributed by atoms with van der Waals surface area (Å²) in [4.78, 5) is 12.4. The molecule has 2 aliphatic heterocycles. The van der Waals surface area contributed by atoms with Gasteiger partial charge >= 0.3 is 5.97 Å². The van der Waals surface area contributed by atoms with Gasteiger partial charge in [-0.25, -0.2) is 4.79 Å². The molecule has 0 spiro atoms. The summed E-state index contributed by atoms with van der Waals surface area (Å²) in [6, 6.07) is 8.65. The van der Waals surface area contributed by atoms with Gasteiger partial charge in [0, 0.05) is 7.11 Å². The number of fused-ring (bicyclic) bond motifs is 1. The van der Waals surface area contributed by atoms with Crippen LogP contribution < -0.4 is 0 Å². The average molecular weight is 338 g/mol. The molecule has 0 aliphatic carbocycles. The zero-order chi connectivity index (χ0) is 17.3. The van der Waals surface area contributed by atoms with E-state index in [0.717, 1.165) is 0 Å². The van der Waals surface area contributed by atoms with Crippen LogP contribution in [-0.2, 0) is 23.7 Å². The molecule has 1 aromatic carbocycles. The number of esters is 1. The number of methoxy groups -OCH3 is 1. The highest BCUT2D eigenvalue weighted by Crippen LogP contribution is 2.38. The third-order valence-electron chi connectivity index (χ3n) is 4.10. The molecule has 7 nitrogen and oxygen atoms in total. The highest BCUT2D eigenvalue weighted by Gasteiger charge is 2.56. The Morgan fingerprint density at radius 1 is 1.21 bits per heavy atom. The Morgan fingerprint density at radius 2 is 1.88 bits per heavy atom. The number of carbonyl (C=O) groups is 1. The SMILES string of the molecule is COC1OC(CO)C2OC(C)(C)OC2C1OC(=O)c1ccccc1. The quantitative estimate of drug-likeness (QED) is 0.823. The van der Waals surface area contributed by atoms with E-state index in [2.05, 4.69) is 0 Å². The molecule has 1 N–H and O–H groups in total. The molecule has 0 radical (unpaired) electrons. The van der Waals surface area contributed by atoms with Crippen LogP contribution in [-0.4, -0.2) is 61.3 Å². The van der Waals surface area contributed by atoms with Crippen molar-refractivity contribution in [2.45, 2.75) is 50.3 Å². The molecule has 0 saturated carbocycles. The van der Waals surface area contributed by atoms with Gasteiger partial charge in [0.05, 0.1) is 12.2 Å². The maximum absolute atomic E-state index is 12.4. The highest BCUT2D eigenvalue weighted by molar-refractivity contribution is 5.89. The Bertz CT molecular complexity index is 574. The van der Waals surface area contributed by atoms with Crippen molar-refractivity contribution in [3.63, 3.8) is 0 Å². The number of rotatable bonds is 4. The predicted molar refractivity (Wildman–Crippen MR) is 82.2 cm³/mol. The van der Waals surface area contributed by atoms with Crippen LogP contribution >= 0.6 is 0 Å². The minimum Gasteiger partial charge on any atom is -0.450 e. The molecule has 1 aromatic rings. The van der Waals surface area contributed by atoms with Gasteiger partial charge in [0.15, 0.2) is 18.2 Å². The second-order valence-electron chi connectivity index (χ2n) is 6.26. The lowest BCUT2D eigenvalue weighted by Gasteiger charge is -2.40. The molecule has 24 heavy (non-hydrogen) atoms. The Hall–Kier alpha value is -1.51. The summed E-state index contributed by atoms with van der Waals surface area (Å²) in [5, 5.41) is 9.54. The number of aliphatic hydroxyl groups excluding tert-OH is 1. The molecule has 0 aromatic heterocycles. The van der Waals surface area contributed by atoms with E-state index in [1.807, 2.05) is 6.07 Å². The zero-order valence-electron chi connectivity index (χ0n) is 13.9. The van der Waals surface area contributed by atoms with Crippen LogP contribution in [0.5, 0.6) is 0 Å². The van der Waals surface area contributed by atoms with Crippen molar-refractivity contribution >= 4 is 5.97 Å². The normalized spacial score (nSPS) is 34.6. The number of carbonyl (C=O) groups excluding carboxylic acids is 1. The molecular weight excluding hydrogens is 316 g/mol. The number of hydrogen-bond acceptors (Lipinski definition) is 7. The molecule has 132 valence electrons. The van der Waals surface area contributed by atoms with Crippen LogP contribution in [0, 0.1) is 0 Å². The summed E-state index contributed by atoms with van der Waals surface area (Å²) in [5.41, 5.74) is 0.423. The topological polar surface area (TPSA) is 83.5 Å². The fraction of sp³-hybridized carbons (Fsp3) is 0.588. The summed E-state index contributed by atoms with van der Waals surface area (Å²) < 4.78 is 28.3. The van der Waals surface area contributed by atoms with E-state index in [1.165, 1.54) is 7.11 Å². The van der Waals surface area contributed by atoms with E-state index in [9.17, 15) is 9.90 Å². The minimum absolute atomic E-state index is 0.250. The lowest BCUT2D eigenvalue weighted by Crippen LogP contribution is -2.59. The Kier molecular flexibility index (Phi) is 4.89. The van der Waals surface area contributed by atoms with Crippen molar-refractivity contribution in [1.82, 2.24) is 0 Å². The van der Waals surface area contributed by atoms with E-state index >= 15 is 0 Å². The molecule has 5 unspecified atom stereocenters. The number of hydrogen-bond donors (Lipinski definition) is 1. The van der Waals surface area contributed by atoms with E-state index in [1.54, 1.807) is 38.1 Å². The van der Waals surface area contributed by atoms with Crippen LogP contribution in [0.25, 0.3) is 0 Å². The molecule has 2 fully saturated rings. The van der Waals surface area contributed by atoms with Crippen LogP contribution in [0.4, 0.5) is 0 Å². The molecular formula is C17H22O7. The summed E-state index contributed by atoms with van der Waals surface area (Å²) in [5.74, 6) is -1.37. The zero-order valence-corrected chi connectivity index (χ0v) is 13.9. The average Bonchev–Trinajstić information content (AvgIpc) is 2.91. The first kappa shape index (κ1) is 17.3. The highest BCUT2D eigenvalue weighted by atomic mass is 16.8. The van der Waals surface area contributed by atoms with Gasteiger partial charge in [-0.1, -0.05) is 18.2 Å². The van der Waals surface area contributed by atoms with Gasteiger partial charge in [-0.05, 0) is 26.0 Å². The van der Waals surface area contributed by atoms with Crippen LogP contribution in [0.3, 0.4) is 0 Å². The smallest absolute Gasteiger partial charge is 0.338 e. The van der Waals surface area contributed by atoms with Crippen LogP contribution in [0.2, 0.25) is 0 Å². The van der Waals surface area contributed by atoms with Crippen molar-refractivity contribution in [3.05, 3.63) is 35.9 Å². The second-order valence-corrected chi connectivity index (χ2v) is 6.26. The fourth-order valence-corrected chi connectivity index (χ4v) is 3.07. The number of benzene rings is 1. The van der Waals surface area contributed by atoms with Gasteiger partial charge in [-0.15, -0.1) is 0 Å². The van der Waals surface area contributed by atoms with E-state index in [4.69, 9.17) is 23.7 Å². The first-order valence-electron chi connectivity index (χ1n) is 7.86. The Labute approximate surface area is 140 Å². The molecule has 5 atom stereocenters. The predicted octanol–water partition coefficient (Wildman–Crippen LogP) is 1.10. The van der Waals surface area contributed by atoms with Crippen LogP contribution in [0.15, 0.2) is 30.3 Å². The third kappa shape index (κ3) is 3.31. The Balaban J connectivity index is 1.83. The van der Waals surface area contributed by atoms with E-state index in [-0.39, 0.29) is 6.61 Å². The largest absolute Gasteiger partial charge is 0.450 e.